The number of carbonyl (C=O) groups excluding carboxylic acids is 3. The largest absolute Gasteiger partial charge is 0.354 e. The summed E-state index contributed by atoms with van der Waals surface area (Å²) >= 11 is 0. The Balaban J connectivity index is 1.25. The molecule has 6 rings (SSSR count). The monoisotopic (exact) mass is 520 g/mol. The van der Waals surface area contributed by atoms with Gasteiger partial charge in [0, 0.05) is 55.2 Å². The van der Waals surface area contributed by atoms with Crippen molar-refractivity contribution in [2.45, 2.75) is 38.5 Å². The van der Waals surface area contributed by atoms with Gasteiger partial charge < -0.3 is 20.1 Å². The molecule has 9 heteroatoms. The van der Waals surface area contributed by atoms with Gasteiger partial charge in [-0.05, 0) is 60.7 Å². The average molecular weight is 521 g/mol. The Morgan fingerprint density at radius 3 is 2.42 bits per heavy atom. The fourth-order valence-electron chi connectivity index (χ4n) is 6.19. The third-order valence-corrected chi connectivity index (χ3v) is 8.19. The molecule has 2 N–H and O–H groups in total. The Labute approximate surface area is 219 Å². The first kappa shape index (κ1) is 24.6. The van der Waals surface area contributed by atoms with Gasteiger partial charge in [-0.25, -0.2) is 8.78 Å². The maximum atomic E-state index is 14.9. The van der Waals surface area contributed by atoms with Gasteiger partial charge in [0.05, 0.1) is 11.1 Å². The molecule has 1 aromatic heterocycles. The number of carbonyl (C=O) groups is 3. The van der Waals surface area contributed by atoms with Crippen molar-refractivity contribution in [1.29, 1.82) is 0 Å². The van der Waals surface area contributed by atoms with E-state index in [1.165, 1.54) is 30.7 Å². The van der Waals surface area contributed by atoms with Crippen LogP contribution >= 0.6 is 0 Å². The first-order valence-electron chi connectivity index (χ1n) is 13.4. The van der Waals surface area contributed by atoms with Crippen LogP contribution in [0.1, 0.15) is 58.4 Å². The van der Waals surface area contributed by atoms with E-state index in [4.69, 9.17) is 0 Å². The highest BCUT2D eigenvalue weighted by atomic mass is 19.1. The van der Waals surface area contributed by atoms with Crippen LogP contribution in [-0.4, -0.2) is 65.2 Å². The third-order valence-electron chi connectivity index (χ3n) is 8.19. The molecular formula is C29H30F2N4O3. The van der Waals surface area contributed by atoms with Crippen molar-refractivity contribution in [3.63, 3.8) is 0 Å². The van der Waals surface area contributed by atoms with Gasteiger partial charge in [-0.3, -0.25) is 14.4 Å². The normalized spacial score (nSPS) is 18.4. The van der Waals surface area contributed by atoms with Crippen molar-refractivity contribution in [1.82, 2.24) is 20.1 Å². The molecule has 1 saturated carbocycles. The Morgan fingerprint density at radius 1 is 0.921 bits per heavy atom. The molecule has 198 valence electrons. The Hall–Kier alpha value is -3.75. The average Bonchev–Trinajstić information content (AvgIpc) is 3.21. The van der Waals surface area contributed by atoms with E-state index in [1.54, 1.807) is 11.0 Å². The number of hydrogen-bond acceptors (Lipinski definition) is 3. The summed E-state index contributed by atoms with van der Waals surface area (Å²) in [6.07, 6.45) is 5.74. The molecule has 3 aromatic rings. The molecule has 3 heterocycles. The topological polar surface area (TPSA) is 85.5 Å². The minimum absolute atomic E-state index is 0.0466. The number of amides is 3. The quantitative estimate of drug-likeness (QED) is 0.541. The molecule has 38 heavy (non-hydrogen) atoms. The first-order valence-corrected chi connectivity index (χ1v) is 13.4. The summed E-state index contributed by atoms with van der Waals surface area (Å²) in [6.45, 7) is 1.99. The maximum Gasteiger partial charge on any atom is 0.256 e. The highest BCUT2D eigenvalue weighted by molar-refractivity contribution is 6.10. The zero-order chi connectivity index (χ0) is 26.4. The van der Waals surface area contributed by atoms with Crippen LogP contribution in [0.3, 0.4) is 0 Å². The number of aromatic nitrogens is 1. The van der Waals surface area contributed by atoms with Gasteiger partial charge in [-0.15, -0.1) is 0 Å². The van der Waals surface area contributed by atoms with Crippen LogP contribution in [0.15, 0.2) is 30.3 Å². The first-order chi connectivity index (χ1) is 18.4. The van der Waals surface area contributed by atoms with Gasteiger partial charge in [0.25, 0.3) is 11.8 Å². The molecule has 0 atom stereocenters. The number of piperazine rings is 1. The number of nitrogens with zero attached hydrogens (tertiary/aromatic N) is 2. The minimum Gasteiger partial charge on any atom is -0.354 e. The lowest BCUT2D eigenvalue weighted by Crippen LogP contribution is -2.52. The molecule has 2 fully saturated rings. The van der Waals surface area contributed by atoms with E-state index >= 15 is 0 Å². The van der Waals surface area contributed by atoms with E-state index in [-0.39, 0.29) is 28.9 Å². The third kappa shape index (κ3) is 4.33. The zero-order valence-electron chi connectivity index (χ0n) is 21.1. The second-order valence-electron chi connectivity index (χ2n) is 10.5. The van der Waals surface area contributed by atoms with Gasteiger partial charge in [-0.1, -0.05) is 19.3 Å². The van der Waals surface area contributed by atoms with Crippen LogP contribution in [0.2, 0.25) is 0 Å². The Kier molecular flexibility index (Phi) is 6.37. The second-order valence-corrected chi connectivity index (χ2v) is 10.5. The lowest BCUT2D eigenvalue weighted by Gasteiger charge is -2.37. The molecule has 3 aliphatic rings. The second kappa shape index (κ2) is 9.85. The van der Waals surface area contributed by atoms with Crippen LogP contribution in [0.25, 0.3) is 22.2 Å². The van der Waals surface area contributed by atoms with E-state index in [9.17, 15) is 23.2 Å². The molecule has 1 aliphatic carbocycles. The molecule has 0 unspecified atom stereocenters. The highest BCUT2D eigenvalue weighted by Crippen LogP contribution is 2.35. The minimum atomic E-state index is -0.620. The standard InChI is InChI=1S/C29H30F2N4O3/c30-19-15-22-25-20(8-9-32-27(22)36)26(33-24(25)16-19)18-6-7-23(31)21(14-18)29(38)35-12-10-34(11-13-35)28(37)17-4-2-1-3-5-17/h6-7,14-17,33H,1-5,8-13H2,(H,32,36). The summed E-state index contributed by atoms with van der Waals surface area (Å²) in [5.41, 5.74) is 2.75. The van der Waals surface area contributed by atoms with E-state index in [0.29, 0.717) is 61.3 Å². The molecule has 1 saturated heterocycles. The van der Waals surface area contributed by atoms with Crippen molar-refractivity contribution in [2.24, 2.45) is 5.92 Å². The van der Waals surface area contributed by atoms with Crippen molar-refractivity contribution < 1.29 is 23.2 Å². The van der Waals surface area contributed by atoms with Crippen LogP contribution in [0, 0.1) is 17.6 Å². The van der Waals surface area contributed by atoms with Crippen molar-refractivity contribution in [3.8, 4) is 11.3 Å². The number of H-pyrrole nitrogens is 1. The number of halogens is 2. The van der Waals surface area contributed by atoms with E-state index in [1.807, 2.05) is 4.90 Å². The molecule has 2 aliphatic heterocycles. The predicted molar refractivity (Wildman–Crippen MR) is 139 cm³/mol. The summed E-state index contributed by atoms with van der Waals surface area (Å²) < 4.78 is 29.2. The Bertz CT molecular complexity index is 1440. The van der Waals surface area contributed by atoms with Crippen molar-refractivity contribution >= 4 is 28.6 Å². The number of aromatic amines is 1. The summed E-state index contributed by atoms with van der Waals surface area (Å²) in [5, 5.41) is 3.43. The summed E-state index contributed by atoms with van der Waals surface area (Å²) in [6, 6.07) is 6.95. The van der Waals surface area contributed by atoms with Gasteiger partial charge in [0.2, 0.25) is 5.91 Å². The number of hydrogen-bond donors (Lipinski definition) is 2. The summed E-state index contributed by atoms with van der Waals surface area (Å²) in [4.78, 5) is 45.4. The predicted octanol–water partition coefficient (Wildman–Crippen LogP) is 4.26. The molecule has 3 amide bonds. The van der Waals surface area contributed by atoms with Gasteiger partial charge in [0.1, 0.15) is 11.6 Å². The van der Waals surface area contributed by atoms with E-state index in [2.05, 4.69) is 10.3 Å². The van der Waals surface area contributed by atoms with Gasteiger partial charge in [-0.2, -0.15) is 0 Å². The van der Waals surface area contributed by atoms with E-state index in [0.717, 1.165) is 31.2 Å². The van der Waals surface area contributed by atoms with Crippen LogP contribution in [0.5, 0.6) is 0 Å². The molecule has 2 aromatic carbocycles. The van der Waals surface area contributed by atoms with Crippen LogP contribution < -0.4 is 5.32 Å². The molecular weight excluding hydrogens is 490 g/mol. The van der Waals surface area contributed by atoms with Gasteiger partial charge in [0.15, 0.2) is 0 Å². The summed E-state index contributed by atoms with van der Waals surface area (Å²) in [5.74, 6) is -1.64. The zero-order valence-corrected chi connectivity index (χ0v) is 21.1. The Morgan fingerprint density at radius 2 is 1.66 bits per heavy atom. The fourth-order valence-corrected chi connectivity index (χ4v) is 6.19. The van der Waals surface area contributed by atoms with E-state index < -0.39 is 17.5 Å². The fraction of sp³-hybridized carbons (Fsp3) is 0.414. The molecule has 7 nitrogen and oxygen atoms in total. The lowest BCUT2D eigenvalue weighted by molar-refractivity contribution is -0.138. The van der Waals surface area contributed by atoms with Crippen LogP contribution in [0.4, 0.5) is 8.78 Å². The van der Waals surface area contributed by atoms with Gasteiger partial charge >= 0.3 is 0 Å². The van der Waals surface area contributed by atoms with Crippen molar-refractivity contribution in [3.05, 3.63) is 58.7 Å². The molecule has 0 bridgehead atoms. The van der Waals surface area contributed by atoms with Crippen LogP contribution in [-0.2, 0) is 11.2 Å². The smallest absolute Gasteiger partial charge is 0.256 e. The number of rotatable bonds is 3. The maximum absolute atomic E-state index is 14.9. The molecule has 0 radical (unpaired) electrons. The van der Waals surface area contributed by atoms with Crippen molar-refractivity contribution in [2.75, 3.05) is 32.7 Å². The SMILES string of the molecule is O=C1NCCc2c(-c3ccc(F)c(C(=O)N4CCN(C(=O)C5CCCCC5)CC4)c3)[nH]c3cc(F)cc1c23. The molecule has 0 spiro atoms. The highest BCUT2D eigenvalue weighted by Gasteiger charge is 2.31. The number of nitrogens with one attached hydrogen (secondary N) is 2. The number of benzene rings is 2. The lowest BCUT2D eigenvalue weighted by atomic mass is 9.88. The summed E-state index contributed by atoms with van der Waals surface area (Å²) in [7, 11) is 0.